The van der Waals surface area contributed by atoms with E-state index in [1.54, 1.807) is 6.21 Å². The molecule has 1 amide bonds. The van der Waals surface area contributed by atoms with Gasteiger partial charge in [-0.2, -0.15) is 5.10 Å². The van der Waals surface area contributed by atoms with Gasteiger partial charge in [0.25, 0.3) is 5.91 Å². The Bertz CT molecular complexity index is 752. The number of benzene rings is 2. The summed E-state index contributed by atoms with van der Waals surface area (Å²) in [7, 11) is 0. The Labute approximate surface area is 156 Å². The fraction of sp³-hybridized carbons (Fsp3) is 0.263. The summed E-state index contributed by atoms with van der Waals surface area (Å²) in [6.45, 7) is 6.26. The van der Waals surface area contributed by atoms with Crippen LogP contribution in [0, 0.1) is 13.8 Å². The van der Waals surface area contributed by atoms with Crippen molar-refractivity contribution >= 4 is 28.1 Å². The van der Waals surface area contributed by atoms with E-state index in [-0.39, 0.29) is 12.5 Å². The number of hydrogen-bond donors (Lipinski definition) is 1. The van der Waals surface area contributed by atoms with Crippen LogP contribution < -0.4 is 14.9 Å². The third kappa shape index (κ3) is 5.60. The monoisotopic (exact) mass is 404 g/mol. The second-order valence-corrected chi connectivity index (χ2v) is 6.34. The molecule has 0 heterocycles. The highest BCUT2D eigenvalue weighted by Gasteiger charge is 2.08. The van der Waals surface area contributed by atoms with Crippen LogP contribution in [0.2, 0.25) is 0 Å². The number of nitrogens with zero attached hydrogens (tertiary/aromatic N) is 1. The minimum absolute atomic E-state index is 0.103. The first-order valence-corrected chi connectivity index (χ1v) is 8.73. The number of rotatable bonds is 7. The number of amides is 1. The normalized spacial score (nSPS) is 10.7. The lowest BCUT2D eigenvalue weighted by molar-refractivity contribution is -0.123. The summed E-state index contributed by atoms with van der Waals surface area (Å²) < 4.78 is 12.1. The number of halogens is 1. The minimum Gasteiger partial charge on any atom is -0.493 e. The van der Waals surface area contributed by atoms with Gasteiger partial charge in [-0.15, -0.1) is 0 Å². The van der Waals surface area contributed by atoms with Crippen LogP contribution in [-0.2, 0) is 4.79 Å². The van der Waals surface area contributed by atoms with Gasteiger partial charge in [-0.1, -0.05) is 28.1 Å². The van der Waals surface area contributed by atoms with Gasteiger partial charge in [-0.3, -0.25) is 4.79 Å². The van der Waals surface area contributed by atoms with Crippen molar-refractivity contribution in [1.82, 2.24) is 5.43 Å². The number of carbonyl (C=O) groups excluding carboxylic acids is 1. The Balaban J connectivity index is 1.91. The van der Waals surface area contributed by atoms with Gasteiger partial charge in [0.05, 0.1) is 12.8 Å². The van der Waals surface area contributed by atoms with Crippen LogP contribution in [0.25, 0.3) is 0 Å². The molecule has 0 atom stereocenters. The summed E-state index contributed by atoms with van der Waals surface area (Å²) in [6, 6.07) is 11.4. The Morgan fingerprint density at radius 3 is 2.56 bits per heavy atom. The zero-order valence-corrected chi connectivity index (χ0v) is 16.1. The smallest absolute Gasteiger partial charge is 0.277 e. The molecule has 2 aromatic carbocycles. The maximum absolute atomic E-state index is 11.9. The highest BCUT2D eigenvalue weighted by Crippen LogP contribution is 2.27. The van der Waals surface area contributed by atoms with E-state index >= 15 is 0 Å². The van der Waals surface area contributed by atoms with Crippen LogP contribution >= 0.6 is 15.9 Å². The molecule has 0 fully saturated rings. The maximum atomic E-state index is 11.9. The molecule has 0 aliphatic heterocycles. The van der Waals surface area contributed by atoms with E-state index in [0.29, 0.717) is 12.4 Å². The zero-order chi connectivity index (χ0) is 18.2. The van der Waals surface area contributed by atoms with Gasteiger partial charge in [0.15, 0.2) is 6.61 Å². The molecule has 0 saturated carbocycles. The zero-order valence-electron chi connectivity index (χ0n) is 14.5. The molecule has 0 radical (unpaired) electrons. The topological polar surface area (TPSA) is 59.9 Å². The molecule has 0 aromatic heterocycles. The van der Waals surface area contributed by atoms with Crippen molar-refractivity contribution in [3.8, 4) is 11.5 Å². The number of para-hydroxylation sites is 1. The summed E-state index contributed by atoms with van der Waals surface area (Å²) in [5, 5.41) is 3.96. The standard InChI is InChI=1S/C19H21BrN2O3/c1-4-24-17-8-6-5-7-15(17)11-21-22-18(23)12-25-19-13(2)9-16(20)10-14(19)3/h5-11H,4,12H2,1-3H3,(H,22,23)/b21-11+. The minimum atomic E-state index is -0.327. The number of nitrogens with one attached hydrogen (secondary N) is 1. The second-order valence-electron chi connectivity index (χ2n) is 5.42. The van der Waals surface area contributed by atoms with E-state index in [1.807, 2.05) is 57.2 Å². The Hall–Kier alpha value is -2.34. The van der Waals surface area contributed by atoms with Gasteiger partial charge in [0.2, 0.25) is 0 Å². The molecule has 0 aliphatic carbocycles. The lowest BCUT2D eigenvalue weighted by Gasteiger charge is -2.11. The van der Waals surface area contributed by atoms with Crippen LogP contribution in [0.4, 0.5) is 0 Å². The number of hydrazone groups is 1. The molecule has 0 saturated heterocycles. The molecule has 132 valence electrons. The molecule has 0 aliphatic rings. The van der Waals surface area contributed by atoms with E-state index < -0.39 is 0 Å². The molecule has 2 aromatic rings. The van der Waals surface area contributed by atoms with E-state index in [4.69, 9.17) is 9.47 Å². The first-order valence-electron chi connectivity index (χ1n) is 7.94. The number of ether oxygens (including phenoxy) is 2. The van der Waals surface area contributed by atoms with Gasteiger partial charge < -0.3 is 9.47 Å². The lowest BCUT2D eigenvalue weighted by Crippen LogP contribution is -2.25. The molecule has 0 unspecified atom stereocenters. The van der Waals surface area contributed by atoms with Gasteiger partial charge in [0, 0.05) is 10.0 Å². The van der Waals surface area contributed by atoms with E-state index in [9.17, 15) is 4.79 Å². The molecular formula is C19H21BrN2O3. The molecule has 6 heteroatoms. The molecule has 5 nitrogen and oxygen atoms in total. The molecule has 0 bridgehead atoms. The van der Waals surface area contributed by atoms with Crippen molar-refractivity contribution in [2.45, 2.75) is 20.8 Å². The molecule has 25 heavy (non-hydrogen) atoms. The van der Waals surface area contributed by atoms with Crippen molar-refractivity contribution in [2.75, 3.05) is 13.2 Å². The third-order valence-electron chi connectivity index (χ3n) is 3.38. The van der Waals surface area contributed by atoms with Crippen molar-refractivity contribution in [3.05, 3.63) is 57.6 Å². The third-order valence-corrected chi connectivity index (χ3v) is 3.84. The van der Waals surface area contributed by atoms with Crippen LogP contribution in [0.5, 0.6) is 11.5 Å². The van der Waals surface area contributed by atoms with E-state index in [2.05, 4.69) is 26.5 Å². The van der Waals surface area contributed by atoms with Gasteiger partial charge in [-0.05, 0) is 56.2 Å². The quantitative estimate of drug-likeness (QED) is 0.560. The van der Waals surface area contributed by atoms with Crippen LogP contribution in [-0.4, -0.2) is 25.3 Å². The first-order chi connectivity index (χ1) is 12.0. The Morgan fingerprint density at radius 1 is 1.20 bits per heavy atom. The van der Waals surface area contributed by atoms with Crippen molar-refractivity contribution in [3.63, 3.8) is 0 Å². The van der Waals surface area contributed by atoms with Gasteiger partial charge in [0.1, 0.15) is 11.5 Å². The molecule has 1 N–H and O–H groups in total. The maximum Gasteiger partial charge on any atom is 0.277 e. The number of aryl methyl sites for hydroxylation is 2. The SMILES string of the molecule is CCOc1ccccc1/C=N/NC(=O)COc1c(C)cc(Br)cc1C. The fourth-order valence-corrected chi connectivity index (χ4v) is 3.03. The van der Waals surface area contributed by atoms with Crippen LogP contribution in [0.1, 0.15) is 23.6 Å². The predicted molar refractivity (Wildman–Crippen MR) is 102 cm³/mol. The van der Waals surface area contributed by atoms with Crippen LogP contribution in [0.3, 0.4) is 0 Å². The molecular weight excluding hydrogens is 384 g/mol. The average Bonchev–Trinajstić information content (AvgIpc) is 2.55. The van der Waals surface area contributed by atoms with Crippen molar-refractivity contribution in [1.29, 1.82) is 0 Å². The first kappa shape index (κ1) is 19.0. The Morgan fingerprint density at radius 2 is 1.88 bits per heavy atom. The number of carbonyl (C=O) groups is 1. The summed E-state index contributed by atoms with van der Waals surface area (Å²) in [6.07, 6.45) is 1.55. The molecule has 0 spiro atoms. The second kappa shape index (κ2) is 9.22. The predicted octanol–water partition coefficient (Wildman–Crippen LogP) is 3.99. The van der Waals surface area contributed by atoms with Gasteiger partial charge in [-0.25, -0.2) is 5.43 Å². The lowest BCUT2D eigenvalue weighted by atomic mass is 10.1. The summed E-state index contributed by atoms with van der Waals surface area (Å²) in [4.78, 5) is 11.9. The summed E-state index contributed by atoms with van der Waals surface area (Å²) in [5.41, 5.74) is 5.19. The summed E-state index contributed by atoms with van der Waals surface area (Å²) >= 11 is 3.44. The number of hydrogen-bond acceptors (Lipinski definition) is 4. The Kier molecular flexibility index (Phi) is 7.01. The van der Waals surface area contributed by atoms with Crippen LogP contribution in [0.15, 0.2) is 46.0 Å². The van der Waals surface area contributed by atoms with Crippen molar-refractivity contribution in [2.24, 2.45) is 5.10 Å². The van der Waals surface area contributed by atoms with Gasteiger partial charge >= 0.3 is 0 Å². The summed E-state index contributed by atoms with van der Waals surface area (Å²) in [5.74, 6) is 1.11. The average molecular weight is 405 g/mol. The van der Waals surface area contributed by atoms with Crippen molar-refractivity contribution < 1.29 is 14.3 Å². The largest absolute Gasteiger partial charge is 0.493 e. The highest BCUT2D eigenvalue weighted by molar-refractivity contribution is 9.10. The highest BCUT2D eigenvalue weighted by atomic mass is 79.9. The molecule has 2 rings (SSSR count). The van der Waals surface area contributed by atoms with E-state index in [1.165, 1.54) is 0 Å². The fourth-order valence-electron chi connectivity index (χ4n) is 2.34. The van der Waals surface area contributed by atoms with E-state index in [0.717, 1.165) is 26.9 Å².